The average Bonchev–Trinajstić information content (AvgIpc) is 2.06. The summed E-state index contributed by atoms with van der Waals surface area (Å²) in [4.78, 5) is 17.3. The molecular weight excluding hydrogens is 194 g/mol. The number of rotatable bonds is 3. The zero-order chi connectivity index (χ0) is 11.6. The predicted molar refractivity (Wildman–Crippen MR) is 59.0 cm³/mol. The molecule has 0 spiro atoms. The SMILES string of the molecule is CN(CC(C)(C)O)c1nccn(C)c1=O. The first-order valence-corrected chi connectivity index (χ1v) is 4.76. The molecule has 0 atom stereocenters. The molecule has 1 aromatic heterocycles. The van der Waals surface area contributed by atoms with Crippen LogP contribution in [0.2, 0.25) is 0 Å². The van der Waals surface area contributed by atoms with E-state index in [-0.39, 0.29) is 5.56 Å². The van der Waals surface area contributed by atoms with E-state index >= 15 is 0 Å². The Morgan fingerprint density at radius 2 is 2.20 bits per heavy atom. The summed E-state index contributed by atoms with van der Waals surface area (Å²) in [5.41, 5.74) is -1.01. The van der Waals surface area contributed by atoms with E-state index in [0.29, 0.717) is 12.4 Å². The molecule has 0 bridgehead atoms. The fourth-order valence-electron chi connectivity index (χ4n) is 1.40. The van der Waals surface area contributed by atoms with Crippen LogP contribution in [0.1, 0.15) is 13.8 Å². The quantitative estimate of drug-likeness (QED) is 0.764. The average molecular weight is 211 g/mol. The van der Waals surface area contributed by atoms with Crippen molar-refractivity contribution >= 4 is 5.82 Å². The molecule has 1 aromatic rings. The van der Waals surface area contributed by atoms with Gasteiger partial charge in [0.1, 0.15) is 0 Å². The van der Waals surface area contributed by atoms with Gasteiger partial charge in [-0.25, -0.2) is 4.98 Å². The molecule has 0 aliphatic carbocycles. The van der Waals surface area contributed by atoms with Crippen LogP contribution in [-0.2, 0) is 7.05 Å². The fraction of sp³-hybridized carbons (Fsp3) is 0.600. The van der Waals surface area contributed by atoms with Crippen LogP contribution in [-0.4, -0.2) is 33.9 Å². The third-order valence-corrected chi connectivity index (χ3v) is 1.98. The maximum atomic E-state index is 11.7. The zero-order valence-corrected chi connectivity index (χ0v) is 9.56. The van der Waals surface area contributed by atoms with Gasteiger partial charge in [-0.05, 0) is 13.8 Å². The minimum Gasteiger partial charge on any atom is -0.389 e. The molecule has 1 heterocycles. The number of anilines is 1. The van der Waals surface area contributed by atoms with Gasteiger partial charge in [-0.15, -0.1) is 0 Å². The van der Waals surface area contributed by atoms with Gasteiger partial charge in [0.2, 0.25) is 0 Å². The monoisotopic (exact) mass is 211 g/mol. The van der Waals surface area contributed by atoms with Gasteiger partial charge in [-0.1, -0.05) is 0 Å². The third-order valence-electron chi connectivity index (χ3n) is 1.98. The van der Waals surface area contributed by atoms with E-state index in [9.17, 15) is 9.90 Å². The van der Waals surface area contributed by atoms with Crippen LogP contribution in [0.5, 0.6) is 0 Å². The van der Waals surface area contributed by atoms with Crippen LogP contribution in [0.4, 0.5) is 5.82 Å². The Balaban J connectivity index is 2.97. The first-order valence-electron chi connectivity index (χ1n) is 4.76. The van der Waals surface area contributed by atoms with Gasteiger partial charge in [0.25, 0.3) is 5.56 Å². The number of hydrogen-bond donors (Lipinski definition) is 1. The second-order valence-electron chi connectivity index (χ2n) is 4.34. The van der Waals surface area contributed by atoms with E-state index in [1.54, 1.807) is 45.2 Å². The minimum absolute atomic E-state index is 0.163. The van der Waals surface area contributed by atoms with Gasteiger partial charge in [-0.2, -0.15) is 0 Å². The Kier molecular flexibility index (Phi) is 3.14. The molecule has 0 amide bonds. The third kappa shape index (κ3) is 3.06. The Morgan fingerprint density at radius 3 is 2.73 bits per heavy atom. The first-order chi connectivity index (χ1) is 6.81. The van der Waals surface area contributed by atoms with Crippen molar-refractivity contribution in [1.82, 2.24) is 9.55 Å². The Bertz CT molecular complexity index is 392. The first kappa shape index (κ1) is 11.7. The number of nitrogens with zero attached hydrogens (tertiary/aromatic N) is 3. The highest BCUT2D eigenvalue weighted by Crippen LogP contribution is 2.07. The van der Waals surface area contributed by atoms with Gasteiger partial charge in [0.05, 0.1) is 5.60 Å². The van der Waals surface area contributed by atoms with Crippen molar-refractivity contribution in [3.05, 3.63) is 22.7 Å². The molecule has 0 radical (unpaired) electrons. The van der Waals surface area contributed by atoms with Crippen molar-refractivity contribution in [2.45, 2.75) is 19.4 Å². The molecule has 0 unspecified atom stereocenters. The van der Waals surface area contributed by atoms with Crippen LogP contribution in [0, 0.1) is 0 Å². The van der Waals surface area contributed by atoms with Gasteiger partial charge >= 0.3 is 0 Å². The highest BCUT2D eigenvalue weighted by Gasteiger charge is 2.18. The molecule has 0 saturated heterocycles. The molecule has 15 heavy (non-hydrogen) atoms. The lowest BCUT2D eigenvalue weighted by Crippen LogP contribution is -2.39. The highest BCUT2D eigenvalue weighted by atomic mass is 16.3. The summed E-state index contributed by atoms with van der Waals surface area (Å²) in [5, 5.41) is 9.63. The second kappa shape index (κ2) is 4.02. The zero-order valence-electron chi connectivity index (χ0n) is 9.56. The maximum Gasteiger partial charge on any atom is 0.293 e. The lowest BCUT2D eigenvalue weighted by molar-refractivity contribution is 0.0884. The normalized spacial score (nSPS) is 11.5. The van der Waals surface area contributed by atoms with Gasteiger partial charge < -0.3 is 14.6 Å². The summed E-state index contributed by atoms with van der Waals surface area (Å²) in [6, 6.07) is 0. The van der Waals surface area contributed by atoms with Crippen molar-refractivity contribution in [3.63, 3.8) is 0 Å². The molecule has 0 aliphatic rings. The molecule has 0 saturated carbocycles. The van der Waals surface area contributed by atoms with Gasteiger partial charge in [-0.3, -0.25) is 4.79 Å². The Morgan fingerprint density at radius 1 is 1.60 bits per heavy atom. The number of aromatic nitrogens is 2. The minimum atomic E-state index is -0.850. The van der Waals surface area contributed by atoms with Crippen LogP contribution in [0.15, 0.2) is 17.2 Å². The molecule has 5 nitrogen and oxygen atoms in total. The van der Waals surface area contributed by atoms with Crippen molar-refractivity contribution in [1.29, 1.82) is 0 Å². The summed E-state index contributed by atoms with van der Waals surface area (Å²) in [6.07, 6.45) is 3.17. The number of aryl methyl sites for hydroxylation is 1. The van der Waals surface area contributed by atoms with Crippen LogP contribution in [0.25, 0.3) is 0 Å². The molecule has 1 rings (SSSR count). The van der Waals surface area contributed by atoms with Crippen molar-refractivity contribution < 1.29 is 5.11 Å². The molecule has 0 aromatic carbocycles. The van der Waals surface area contributed by atoms with E-state index in [1.807, 2.05) is 0 Å². The van der Waals surface area contributed by atoms with E-state index in [1.165, 1.54) is 4.57 Å². The summed E-state index contributed by atoms with van der Waals surface area (Å²) < 4.78 is 1.46. The van der Waals surface area contributed by atoms with Crippen LogP contribution >= 0.6 is 0 Å². The Hall–Kier alpha value is -1.36. The molecule has 5 heteroatoms. The summed E-state index contributed by atoms with van der Waals surface area (Å²) in [7, 11) is 3.41. The van der Waals surface area contributed by atoms with Crippen LogP contribution < -0.4 is 10.5 Å². The summed E-state index contributed by atoms with van der Waals surface area (Å²) in [5.74, 6) is 0.349. The fourth-order valence-corrected chi connectivity index (χ4v) is 1.40. The van der Waals surface area contributed by atoms with E-state index < -0.39 is 5.60 Å². The molecule has 1 N–H and O–H groups in total. The smallest absolute Gasteiger partial charge is 0.293 e. The van der Waals surface area contributed by atoms with E-state index in [2.05, 4.69) is 4.98 Å². The van der Waals surface area contributed by atoms with Crippen LogP contribution in [0.3, 0.4) is 0 Å². The molecular formula is C10H17N3O2. The van der Waals surface area contributed by atoms with Crippen molar-refractivity contribution in [2.24, 2.45) is 7.05 Å². The lowest BCUT2D eigenvalue weighted by Gasteiger charge is -2.25. The molecule has 0 aliphatic heterocycles. The van der Waals surface area contributed by atoms with Gasteiger partial charge in [0, 0.05) is 33.0 Å². The van der Waals surface area contributed by atoms with Crippen molar-refractivity contribution in [3.8, 4) is 0 Å². The molecule has 84 valence electrons. The standard InChI is InChI=1S/C10H17N3O2/c1-10(2,15)7-13(4)8-9(14)12(3)6-5-11-8/h5-6,15H,7H2,1-4H3. The maximum absolute atomic E-state index is 11.7. The lowest BCUT2D eigenvalue weighted by atomic mass is 10.1. The summed E-state index contributed by atoms with van der Waals surface area (Å²) >= 11 is 0. The topological polar surface area (TPSA) is 58.4 Å². The molecule has 0 fully saturated rings. The highest BCUT2D eigenvalue weighted by molar-refractivity contribution is 5.34. The predicted octanol–water partition coefficient (Wildman–Crippen LogP) is -0.0126. The number of aliphatic hydroxyl groups is 1. The largest absolute Gasteiger partial charge is 0.389 e. The second-order valence-corrected chi connectivity index (χ2v) is 4.34. The summed E-state index contributed by atoms with van der Waals surface area (Å²) in [6.45, 7) is 3.74. The number of likely N-dealkylation sites (N-methyl/N-ethyl adjacent to an activating group) is 1. The van der Waals surface area contributed by atoms with Crippen molar-refractivity contribution in [2.75, 3.05) is 18.5 Å². The number of hydrogen-bond acceptors (Lipinski definition) is 4. The van der Waals surface area contributed by atoms with E-state index in [4.69, 9.17) is 0 Å². The van der Waals surface area contributed by atoms with Gasteiger partial charge in [0.15, 0.2) is 5.82 Å². The van der Waals surface area contributed by atoms with E-state index in [0.717, 1.165) is 0 Å². The Labute approximate surface area is 89.0 Å².